The minimum absolute atomic E-state index is 0.121. The lowest BCUT2D eigenvalue weighted by Crippen LogP contribution is -2.31. The number of tetrazole rings is 1. The average molecular weight is 197 g/mol. The van der Waals surface area contributed by atoms with Crippen LogP contribution < -0.4 is 0 Å². The third-order valence-electron chi connectivity index (χ3n) is 2.17. The van der Waals surface area contributed by atoms with Crippen molar-refractivity contribution in [3.63, 3.8) is 0 Å². The van der Waals surface area contributed by atoms with Crippen molar-refractivity contribution in [1.82, 2.24) is 25.5 Å². The minimum atomic E-state index is -0.195. The highest BCUT2D eigenvalue weighted by Crippen LogP contribution is 2.04. The molecule has 1 rings (SSSR count). The molecule has 6 heteroatoms. The SMILES string of the molecule is CCC(C)CN(C)C(=O)c1nn[nH]n1. The highest BCUT2D eigenvalue weighted by atomic mass is 16.2. The predicted octanol–water partition coefficient (Wildman–Crippen LogP) is 0.318. The standard InChI is InChI=1S/C8H15N5O/c1-4-6(2)5-13(3)8(14)7-9-11-12-10-7/h6H,4-5H2,1-3H3,(H,9,10,11,12). The van der Waals surface area contributed by atoms with Crippen molar-refractivity contribution in [1.29, 1.82) is 0 Å². The molecule has 0 aliphatic rings. The van der Waals surface area contributed by atoms with Crippen LogP contribution in [0.1, 0.15) is 30.9 Å². The molecule has 6 nitrogen and oxygen atoms in total. The maximum absolute atomic E-state index is 11.6. The van der Waals surface area contributed by atoms with Gasteiger partial charge in [-0.25, -0.2) is 0 Å². The lowest BCUT2D eigenvalue weighted by molar-refractivity contribution is 0.0763. The number of hydrogen-bond acceptors (Lipinski definition) is 4. The molecule has 0 aliphatic heterocycles. The highest BCUT2D eigenvalue weighted by molar-refractivity contribution is 5.89. The largest absolute Gasteiger partial charge is 0.339 e. The third-order valence-corrected chi connectivity index (χ3v) is 2.17. The first-order chi connectivity index (χ1) is 6.65. The Morgan fingerprint density at radius 1 is 1.64 bits per heavy atom. The number of carbonyl (C=O) groups is 1. The van der Waals surface area contributed by atoms with Crippen molar-refractivity contribution >= 4 is 5.91 Å². The molecule has 1 unspecified atom stereocenters. The molecule has 0 aliphatic carbocycles. The topological polar surface area (TPSA) is 74.8 Å². The molecule has 1 aromatic heterocycles. The third kappa shape index (κ3) is 2.51. The van der Waals surface area contributed by atoms with Gasteiger partial charge in [-0.05, 0) is 11.1 Å². The van der Waals surface area contributed by atoms with Gasteiger partial charge >= 0.3 is 0 Å². The Kier molecular flexibility index (Phi) is 3.55. The molecule has 78 valence electrons. The Bertz CT molecular complexity index is 284. The summed E-state index contributed by atoms with van der Waals surface area (Å²) in [4.78, 5) is 13.2. The molecule has 1 N–H and O–H groups in total. The fraction of sp³-hybridized carbons (Fsp3) is 0.750. The summed E-state index contributed by atoms with van der Waals surface area (Å²) in [5, 5.41) is 12.9. The second-order valence-electron chi connectivity index (χ2n) is 3.43. The normalized spacial score (nSPS) is 12.5. The summed E-state index contributed by atoms with van der Waals surface area (Å²) < 4.78 is 0. The Morgan fingerprint density at radius 3 is 2.86 bits per heavy atom. The fourth-order valence-electron chi connectivity index (χ4n) is 1.10. The molecule has 1 amide bonds. The maximum Gasteiger partial charge on any atom is 0.295 e. The number of carbonyl (C=O) groups excluding carboxylic acids is 1. The predicted molar refractivity (Wildman–Crippen MR) is 50.6 cm³/mol. The van der Waals surface area contributed by atoms with Gasteiger partial charge in [0, 0.05) is 13.6 Å². The Morgan fingerprint density at radius 2 is 2.36 bits per heavy atom. The summed E-state index contributed by atoms with van der Waals surface area (Å²) in [6, 6.07) is 0. The number of aromatic nitrogens is 4. The summed E-state index contributed by atoms with van der Waals surface area (Å²) in [5.41, 5.74) is 0. The molecule has 1 heterocycles. The fourth-order valence-corrected chi connectivity index (χ4v) is 1.10. The van der Waals surface area contributed by atoms with Gasteiger partial charge in [-0.1, -0.05) is 20.3 Å². The van der Waals surface area contributed by atoms with Crippen molar-refractivity contribution in [2.24, 2.45) is 5.92 Å². The average Bonchev–Trinajstić information content (AvgIpc) is 2.69. The van der Waals surface area contributed by atoms with Crippen molar-refractivity contribution in [3.05, 3.63) is 5.82 Å². The number of H-pyrrole nitrogens is 1. The minimum Gasteiger partial charge on any atom is -0.339 e. The van der Waals surface area contributed by atoms with Crippen LogP contribution >= 0.6 is 0 Å². The van der Waals surface area contributed by atoms with E-state index in [1.807, 2.05) is 0 Å². The van der Waals surface area contributed by atoms with Crippen molar-refractivity contribution < 1.29 is 4.79 Å². The molecule has 1 atom stereocenters. The Labute approximate surface area is 82.7 Å². The first kappa shape index (κ1) is 10.6. The number of amides is 1. The van der Waals surface area contributed by atoms with Crippen LogP contribution in [0.25, 0.3) is 0 Å². The first-order valence-corrected chi connectivity index (χ1v) is 4.64. The summed E-state index contributed by atoms with van der Waals surface area (Å²) in [6.45, 7) is 4.90. The van der Waals surface area contributed by atoms with Gasteiger partial charge < -0.3 is 4.90 Å². The quantitative estimate of drug-likeness (QED) is 0.754. The van der Waals surface area contributed by atoms with E-state index in [1.165, 1.54) is 0 Å². The van der Waals surface area contributed by atoms with E-state index >= 15 is 0 Å². The molecular weight excluding hydrogens is 182 g/mol. The van der Waals surface area contributed by atoms with Crippen LogP contribution in [-0.2, 0) is 0 Å². The van der Waals surface area contributed by atoms with E-state index < -0.39 is 0 Å². The summed E-state index contributed by atoms with van der Waals surface area (Å²) in [6.07, 6.45) is 1.05. The van der Waals surface area contributed by atoms with E-state index in [9.17, 15) is 4.79 Å². The smallest absolute Gasteiger partial charge is 0.295 e. The van der Waals surface area contributed by atoms with Crippen LogP contribution in [0.15, 0.2) is 0 Å². The lowest BCUT2D eigenvalue weighted by Gasteiger charge is -2.18. The van der Waals surface area contributed by atoms with Crippen LogP contribution in [-0.4, -0.2) is 45.0 Å². The number of nitrogens with one attached hydrogen (secondary N) is 1. The zero-order valence-electron chi connectivity index (χ0n) is 8.69. The zero-order valence-corrected chi connectivity index (χ0v) is 8.69. The summed E-state index contributed by atoms with van der Waals surface area (Å²) >= 11 is 0. The second-order valence-corrected chi connectivity index (χ2v) is 3.43. The molecular formula is C8H15N5O. The maximum atomic E-state index is 11.6. The van der Waals surface area contributed by atoms with Gasteiger partial charge in [0.1, 0.15) is 0 Å². The molecule has 0 spiro atoms. The van der Waals surface area contributed by atoms with Crippen LogP contribution in [0.5, 0.6) is 0 Å². The summed E-state index contributed by atoms with van der Waals surface area (Å²) in [7, 11) is 1.74. The van der Waals surface area contributed by atoms with E-state index in [-0.39, 0.29) is 11.7 Å². The number of aromatic amines is 1. The molecule has 1 aromatic rings. The molecule has 0 radical (unpaired) electrons. The van der Waals surface area contributed by atoms with Crippen LogP contribution in [0.2, 0.25) is 0 Å². The van der Waals surface area contributed by atoms with E-state index in [4.69, 9.17) is 0 Å². The van der Waals surface area contributed by atoms with Crippen molar-refractivity contribution in [2.45, 2.75) is 20.3 Å². The van der Waals surface area contributed by atoms with Gasteiger partial charge in [0.25, 0.3) is 11.7 Å². The van der Waals surface area contributed by atoms with E-state index in [1.54, 1.807) is 11.9 Å². The molecule has 0 bridgehead atoms. The molecule has 0 saturated carbocycles. The Balaban J connectivity index is 2.53. The molecule has 0 saturated heterocycles. The van der Waals surface area contributed by atoms with Gasteiger partial charge in [-0.3, -0.25) is 4.79 Å². The van der Waals surface area contributed by atoms with E-state index in [2.05, 4.69) is 34.5 Å². The number of hydrogen-bond donors (Lipinski definition) is 1. The second kappa shape index (κ2) is 4.69. The van der Waals surface area contributed by atoms with Gasteiger partial charge in [-0.2, -0.15) is 5.21 Å². The number of rotatable bonds is 4. The molecule has 14 heavy (non-hydrogen) atoms. The molecule has 0 fully saturated rings. The van der Waals surface area contributed by atoms with Gasteiger partial charge in [-0.15, -0.1) is 10.2 Å². The summed E-state index contributed by atoms with van der Waals surface area (Å²) in [5.74, 6) is 0.408. The lowest BCUT2D eigenvalue weighted by atomic mass is 10.1. The van der Waals surface area contributed by atoms with Crippen LogP contribution in [0.3, 0.4) is 0 Å². The highest BCUT2D eigenvalue weighted by Gasteiger charge is 2.17. The molecule has 0 aromatic carbocycles. The van der Waals surface area contributed by atoms with Gasteiger partial charge in [0.15, 0.2) is 0 Å². The first-order valence-electron chi connectivity index (χ1n) is 4.64. The van der Waals surface area contributed by atoms with Crippen LogP contribution in [0.4, 0.5) is 0 Å². The van der Waals surface area contributed by atoms with E-state index in [0.717, 1.165) is 6.42 Å². The van der Waals surface area contributed by atoms with Gasteiger partial charge in [0.05, 0.1) is 0 Å². The Hall–Kier alpha value is -1.46. The van der Waals surface area contributed by atoms with Gasteiger partial charge in [0.2, 0.25) is 0 Å². The van der Waals surface area contributed by atoms with Crippen LogP contribution in [0, 0.1) is 5.92 Å². The van der Waals surface area contributed by atoms with Crippen molar-refractivity contribution in [3.8, 4) is 0 Å². The monoisotopic (exact) mass is 197 g/mol. The van der Waals surface area contributed by atoms with Crippen molar-refractivity contribution in [2.75, 3.05) is 13.6 Å². The number of nitrogens with zero attached hydrogens (tertiary/aromatic N) is 4. The van der Waals surface area contributed by atoms with E-state index in [0.29, 0.717) is 12.5 Å². The zero-order chi connectivity index (χ0) is 10.6.